The summed E-state index contributed by atoms with van der Waals surface area (Å²) in [5.41, 5.74) is 0.593. The van der Waals surface area contributed by atoms with Gasteiger partial charge in [0.15, 0.2) is 12.4 Å². The van der Waals surface area contributed by atoms with Crippen molar-refractivity contribution in [2.24, 2.45) is 0 Å². The minimum Gasteiger partial charge on any atom is -0.477 e. The van der Waals surface area contributed by atoms with Crippen molar-refractivity contribution in [3.63, 3.8) is 0 Å². The zero-order chi connectivity index (χ0) is 18.5. The van der Waals surface area contributed by atoms with E-state index in [0.717, 1.165) is 5.56 Å². The van der Waals surface area contributed by atoms with Gasteiger partial charge in [0.2, 0.25) is 0 Å². The van der Waals surface area contributed by atoms with E-state index in [-0.39, 0.29) is 35.9 Å². The van der Waals surface area contributed by atoms with Crippen LogP contribution < -0.4 is 4.74 Å². The average molecular weight is 360 g/mol. The highest BCUT2D eigenvalue weighted by molar-refractivity contribution is 5.78. The van der Waals surface area contributed by atoms with Gasteiger partial charge < -0.3 is 14.4 Å². The first-order chi connectivity index (χ1) is 12.5. The number of nitro groups is 1. The summed E-state index contributed by atoms with van der Waals surface area (Å²) in [6.07, 6.45) is -0.348. The lowest BCUT2D eigenvalue weighted by Crippen LogP contribution is -2.44. The summed E-state index contributed by atoms with van der Waals surface area (Å²) in [7, 11) is 0. The highest BCUT2D eigenvalue weighted by atomic mass is 19.1. The van der Waals surface area contributed by atoms with Gasteiger partial charge in [0, 0.05) is 12.6 Å². The molecule has 26 heavy (non-hydrogen) atoms. The average Bonchev–Trinajstić information content (AvgIpc) is 2.67. The lowest BCUT2D eigenvalue weighted by Gasteiger charge is -2.33. The minimum absolute atomic E-state index is 0.0502. The second-order valence-electron chi connectivity index (χ2n) is 5.76. The van der Waals surface area contributed by atoms with Gasteiger partial charge in [-0.15, -0.1) is 0 Å². The van der Waals surface area contributed by atoms with Gasteiger partial charge in [-0.3, -0.25) is 14.9 Å². The quantitative estimate of drug-likeness (QED) is 0.605. The SMILES string of the molecule is O=C(COc1ccccc1[N+](=O)[O-])N1CCOC(c2ccc(F)cc2)C1. The third-order valence-electron chi connectivity index (χ3n) is 4.07. The van der Waals surface area contributed by atoms with Gasteiger partial charge >= 0.3 is 5.69 Å². The third-order valence-corrected chi connectivity index (χ3v) is 4.07. The first-order valence-electron chi connectivity index (χ1n) is 8.05. The topological polar surface area (TPSA) is 81.9 Å². The Morgan fingerprint density at radius 2 is 2.00 bits per heavy atom. The molecule has 1 heterocycles. The molecule has 1 saturated heterocycles. The summed E-state index contributed by atoms with van der Waals surface area (Å²) >= 11 is 0. The number of benzene rings is 2. The van der Waals surface area contributed by atoms with Crippen LogP contribution in [-0.2, 0) is 9.53 Å². The Labute approximate surface area is 149 Å². The maximum absolute atomic E-state index is 13.0. The van der Waals surface area contributed by atoms with Crippen LogP contribution in [0, 0.1) is 15.9 Å². The summed E-state index contributed by atoms with van der Waals surface area (Å²) < 4.78 is 24.0. The number of hydrogen-bond acceptors (Lipinski definition) is 5. The first kappa shape index (κ1) is 17.8. The highest BCUT2D eigenvalue weighted by Crippen LogP contribution is 2.26. The van der Waals surface area contributed by atoms with Gasteiger partial charge in [-0.1, -0.05) is 24.3 Å². The molecule has 1 amide bonds. The van der Waals surface area contributed by atoms with Crippen molar-refractivity contribution < 1.29 is 23.6 Å². The van der Waals surface area contributed by atoms with E-state index in [4.69, 9.17) is 9.47 Å². The molecule has 1 fully saturated rings. The molecule has 0 bridgehead atoms. The first-order valence-corrected chi connectivity index (χ1v) is 8.05. The van der Waals surface area contributed by atoms with Crippen LogP contribution in [0.2, 0.25) is 0 Å². The van der Waals surface area contributed by atoms with Gasteiger partial charge in [0.25, 0.3) is 5.91 Å². The van der Waals surface area contributed by atoms with Crippen molar-refractivity contribution in [3.05, 3.63) is 70.0 Å². The Morgan fingerprint density at radius 3 is 2.73 bits per heavy atom. The van der Waals surface area contributed by atoms with Crippen LogP contribution in [0.3, 0.4) is 0 Å². The number of ether oxygens (including phenoxy) is 2. The van der Waals surface area contributed by atoms with Crippen LogP contribution >= 0.6 is 0 Å². The van der Waals surface area contributed by atoms with Crippen LogP contribution in [-0.4, -0.2) is 42.0 Å². The van der Waals surface area contributed by atoms with Crippen LogP contribution in [0.4, 0.5) is 10.1 Å². The molecule has 1 atom stereocenters. The number of carbonyl (C=O) groups is 1. The molecule has 8 heteroatoms. The minimum atomic E-state index is -0.556. The molecule has 1 aliphatic heterocycles. The molecule has 2 aromatic rings. The second kappa shape index (κ2) is 7.92. The number of carbonyl (C=O) groups excluding carboxylic acids is 1. The van der Waals surface area contributed by atoms with E-state index in [1.807, 2.05) is 0 Å². The van der Waals surface area contributed by atoms with Crippen molar-refractivity contribution in [1.82, 2.24) is 4.90 Å². The zero-order valence-corrected chi connectivity index (χ0v) is 13.8. The fourth-order valence-corrected chi connectivity index (χ4v) is 2.72. The summed E-state index contributed by atoms with van der Waals surface area (Å²) in [4.78, 5) is 24.4. The predicted octanol–water partition coefficient (Wildman–Crippen LogP) is 2.71. The number of nitrogens with zero attached hydrogens (tertiary/aromatic N) is 2. The van der Waals surface area contributed by atoms with Crippen molar-refractivity contribution in [2.45, 2.75) is 6.10 Å². The second-order valence-corrected chi connectivity index (χ2v) is 5.76. The highest BCUT2D eigenvalue weighted by Gasteiger charge is 2.26. The largest absolute Gasteiger partial charge is 0.477 e. The summed E-state index contributed by atoms with van der Waals surface area (Å²) in [5.74, 6) is -0.580. The molecule has 0 N–H and O–H groups in total. The number of nitro benzene ring substituents is 1. The lowest BCUT2D eigenvalue weighted by molar-refractivity contribution is -0.385. The van der Waals surface area contributed by atoms with Crippen molar-refractivity contribution >= 4 is 11.6 Å². The molecule has 0 saturated carbocycles. The summed E-state index contributed by atoms with van der Waals surface area (Å²) in [5, 5.41) is 11.0. The normalized spacial score (nSPS) is 17.0. The lowest BCUT2D eigenvalue weighted by atomic mass is 10.1. The van der Waals surface area contributed by atoms with Crippen LogP contribution in [0.25, 0.3) is 0 Å². The molecule has 0 aromatic heterocycles. The van der Waals surface area contributed by atoms with Gasteiger partial charge in [-0.05, 0) is 23.8 Å². The van der Waals surface area contributed by atoms with Crippen LogP contribution in [0.1, 0.15) is 11.7 Å². The van der Waals surface area contributed by atoms with Crippen molar-refractivity contribution in [2.75, 3.05) is 26.3 Å². The maximum Gasteiger partial charge on any atom is 0.310 e. The number of morpholine rings is 1. The Balaban J connectivity index is 1.61. The number of halogens is 1. The molecular formula is C18H17FN2O5. The van der Waals surface area contributed by atoms with E-state index >= 15 is 0 Å². The van der Waals surface area contributed by atoms with Gasteiger partial charge in [-0.2, -0.15) is 0 Å². The molecule has 2 aromatic carbocycles. The van der Waals surface area contributed by atoms with E-state index in [9.17, 15) is 19.3 Å². The molecule has 0 spiro atoms. The molecule has 0 radical (unpaired) electrons. The van der Waals surface area contributed by atoms with Crippen molar-refractivity contribution in [3.8, 4) is 5.75 Å². The molecule has 0 aliphatic carbocycles. The Kier molecular flexibility index (Phi) is 5.43. The summed E-state index contributed by atoms with van der Waals surface area (Å²) in [6, 6.07) is 11.8. The molecular weight excluding hydrogens is 343 g/mol. The smallest absolute Gasteiger partial charge is 0.310 e. The number of amides is 1. The van der Waals surface area contributed by atoms with Crippen molar-refractivity contribution in [1.29, 1.82) is 0 Å². The fraction of sp³-hybridized carbons (Fsp3) is 0.278. The van der Waals surface area contributed by atoms with Crippen LogP contribution in [0.5, 0.6) is 5.75 Å². The van der Waals surface area contributed by atoms with E-state index in [2.05, 4.69) is 0 Å². The van der Waals surface area contributed by atoms with E-state index in [1.165, 1.54) is 30.3 Å². The van der Waals surface area contributed by atoms with Crippen LogP contribution in [0.15, 0.2) is 48.5 Å². The molecule has 1 unspecified atom stereocenters. The monoisotopic (exact) mass is 360 g/mol. The summed E-state index contributed by atoms with van der Waals surface area (Å²) in [6.45, 7) is 0.752. The Morgan fingerprint density at radius 1 is 1.27 bits per heavy atom. The third kappa shape index (κ3) is 4.15. The fourth-order valence-electron chi connectivity index (χ4n) is 2.72. The van der Waals surface area contributed by atoms with E-state index in [0.29, 0.717) is 19.7 Å². The molecule has 1 aliphatic rings. The van der Waals surface area contributed by atoms with Gasteiger partial charge in [0.05, 0.1) is 18.1 Å². The van der Waals surface area contributed by atoms with E-state index < -0.39 is 4.92 Å². The Hall–Kier alpha value is -3.00. The maximum atomic E-state index is 13.0. The predicted molar refractivity (Wildman–Crippen MR) is 90.3 cm³/mol. The Bertz CT molecular complexity index is 796. The molecule has 3 rings (SSSR count). The van der Waals surface area contributed by atoms with Gasteiger partial charge in [-0.25, -0.2) is 4.39 Å². The zero-order valence-electron chi connectivity index (χ0n) is 13.8. The van der Waals surface area contributed by atoms with Gasteiger partial charge in [0.1, 0.15) is 11.9 Å². The number of hydrogen-bond donors (Lipinski definition) is 0. The number of rotatable bonds is 5. The molecule has 7 nitrogen and oxygen atoms in total. The number of para-hydroxylation sites is 2. The van der Waals surface area contributed by atoms with E-state index in [1.54, 1.807) is 23.1 Å². The molecule has 136 valence electrons. The standard InChI is InChI=1S/C18H17FN2O5/c19-14-7-5-13(6-8-14)17-11-20(9-10-25-17)18(22)12-26-16-4-2-1-3-15(16)21(23)24/h1-8,17H,9-12H2.